The lowest BCUT2D eigenvalue weighted by Crippen LogP contribution is -2.37. The van der Waals surface area contributed by atoms with Crippen molar-refractivity contribution < 1.29 is 18.7 Å². The van der Waals surface area contributed by atoms with E-state index in [1.165, 1.54) is 0 Å². The number of urea groups is 1. The van der Waals surface area contributed by atoms with E-state index in [-0.39, 0.29) is 12.6 Å². The van der Waals surface area contributed by atoms with Gasteiger partial charge < -0.3 is 19.2 Å². The molecule has 0 aromatic carbocycles. The Kier molecular flexibility index (Phi) is 6.77. The Morgan fingerprint density at radius 3 is 2.56 bits per heavy atom. The molecule has 0 saturated carbocycles. The highest BCUT2D eigenvalue weighted by Crippen LogP contribution is 2.17. The number of ether oxygens (including phenoxy) is 2. The van der Waals surface area contributed by atoms with Crippen LogP contribution in [0.25, 0.3) is 0 Å². The Morgan fingerprint density at radius 2 is 2.06 bits per heavy atom. The van der Waals surface area contributed by atoms with Crippen molar-refractivity contribution in [3.8, 4) is 0 Å². The molecule has 102 valence electrons. The molecule has 2 N–H and O–H groups in total. The molecule has 6 nitrogen and oxygen atoms in total. The van der Waals surface area contributed by atoms with E-state index in [0.717, 1.165) is 0 Å². The highest BCUT2D eigenvalue weighted by molar-refractivity contribution is 9.10. The lowest BCUT2D eigenvalue weighted by molar-refractivity contribution is -0.131. The van der Waals surface area contributed by atoms with Gasteiger partial charge in [-0.2, -0.15) is 0 Å². The summed E-state index contributed by atoms with van der Waals surface area (Å²) in [5.41, 5.74) is 0. The lowest BCUT2D eigenvalue weighted by Gasteiger charge is -2.17. The first-order valence-electron chi connectivity index (χ1n) is 5.69. The molecule has 0 unspecified atom stereocenters. The van der Waals surface area contributed by atoms with Gasteiger partial charge in [0.25, 0.3) is 0 Å². The maximum absolute atomic E-state index is 11.5. The fourth-order valence-corrected chi connectivity index (χ4v) is 1.56. The average Bonchev–Trinajstić information content (AvgIpc) is 2.72. The second kappa shape index (κ2) is 8.12. The third-order valence-corrected chi connectivity index (χ3v) is 2.37. The van der Waals surface area contributed by atoms with Crippen LogP contribution in [0.4, 0.5) is 10.7 Å². The number of nitrogens with one attached hydrogen (secondary N) is 2. The number of hydrogen-bond donors (Lipinski definition) is 2. The minimum Gasteiger partial charge on any atom is -0.434 e. The van der Waals surface area contributed by atoms with Gasteiger partial charge in [-0.15, -0.1) is 0 Å². The molecule has 0 atom stereocenters. The summed E-state index contributed by atoms with van der Waals surface area (Å²) in [6.07, 6.45) is -0.436. The zero-order chi connectivity index (χ0) is 13.4. The highest BCUT2D eigenvalue weighted by Gasteiger charge is 2.10. The van der Waals surface area contributed by atoms with Crippen molar-refractivity contribution in [2.45, 2.75) is 20.1 Å². The second-order valence-corrected chi connectivity index (χ2v) is 4.06. The van der Waals surface area contributed by atoms with Crippen molar-refractivity contribution in [3.05, 3.63) is 16.8 Å². The first-order valence-corrected chi connectivity index (χ1v) is 6.48. The van der Waals surface area contributed by atoms with E-state index in [0.29, 0.717) is 23.8 Å². The molecule has 1 rings (SSSR count). The summed E-state index contributed by atoms with van der Waals surface area (Å²) in [5, 5.41) is 5.18. The van der Waals surface area contributed by atoms with Gasteiger partial charge in [0.05, 0.1) is 6.54 Å². The second-order valence-electron chi connectivity index (χ2n) is 3.28. The van der Waals surface area contributed by atoms with Crippen LogP contribution < -0.4 is 10.6 Å². The van der Waals surface area contributed by atoms with Gasteiger partial charge in [0.1, 0.15) is 0 Å². The molecular weight excluding hydrogens is 304 g/mol. The van der Waals surface area contributed by atoms with E-state index in [2.05, 4.69) is 26.6 Å². The molecule has 0 saturated heterocycles. The first kappa shape index (κ1) is 15.0. The van der Waals surface area contributed by atoms with Gasteiger partial charge in [0, 0.05) is 19.3 Å². The molecule has 0 radical (unpaired) electrons. The number of rotatable bonds is 7. The molecular formula is C11H17BrN2O4. The van der Waals surface area contributed by atoms with Crippen LogP contribution in [-0.2, 0) is 9.47 Å². The van der Waals surface area contributed by atoms with E-state index >= 15 is 0 Å². The predicted molar refractivity (Wildman–Crippen MR) is 70.5 cm³/mol. The molecule has 7 heteroatoms. The lowest BCUT2D eigenvalue weighted by atomic mass is 10.5. The monoisotopic (exact) mass is 320 g/mol. The summed E-state index contributed by atoms with van der Waals surface area (Å²) in [7, 11) is 0. The minimum atomic E-state index is -0.436. The van der Waals surface area contributed by atoms with Crippen molar-refractivity contribution in [2.24, 2.45) is 0 Å². The molecule has 0 aliphatic carbocycles. The van der Waals surface area contributed by atoms with Crippen LogP contribution in [-0.4, -0.2) is 32.1 Å². The van der Waals surface area contributed by atoms with Crippen molar-refractivity contribution in [1.82, 2.24) is 5.32 Å². The number of furan rings is 1. The average molecular weight is 321 g/mol. The fourth-order valence-electron chi connectivity index (χ4n) is 1.25. The third-order valence-electron chi connectivity index (χ3n) is 1.94. The normalized spacial score (nSPS) is 10.7. The number of carbonyl (C=O) groups is 1. The number of anilines is 1. The summed E-state index contributed by atoms with van der Waals surface area (Å²) in [5.74, 6) is 0.365. The van der Waals surface area contributed by atoms with Gasteiger partial charge >= 0.3 is 6.03 Å². The molecule has 0 bridgehead atoms. The zero-order valence-electron chi connectivity index (χ0n) is 10.4. The number of hydrogen-bond acceptors (Lipinski definition) is 4. The summed E-state index contributed by atoms with van der Waals surface area (Å²) in [6.45, 7) is 5.06. The smallest absolute Gasteiger partial charge is 0.321 e. The van der Waals surface area contributed by atoms with Crippen LogP contribution in [0.2, 0.25) is 0 Å². The number of carbonyl (C=O) groups excluding carboxylic acids is 1. The summed E-state index contributed by atoms with van der Waals surface area (Å²) < 4.78 is 16.3. The fraction of sp³-hybridized carbons (Fsp3) is 0.545. The van der Waals surface area contributed by atoms with E-state index in [4.69, 9.17) is 13.9 Å². The summed E-state index contributed by atoms with van der Waals surface area (Å²) in [4.78, 5) is 11.5. The minimum absolute atomic E-state index is 0.273. The van der Waals surface area contributed by atoms with Gasteiger partial charge in [-0.25, -0.2) is 4.79 Å². The Bertz CT molecular complexity index is 364. The molecule has 2 amide bonds. The highest BCUT2D eigenvalue weighted by atomic mass is 79.9. The predicted octanol–water partition coefficient (Wildman–Crippen LogP) is 2.56. The van der Waals surface area contributed by atoms with Gasteiger partial charge in [0.15, 0.2) is 11.0 Å². The van der Waals surface area contributed by atoms with E-state index in [1.54, 1.807) is 12.1 Å². The van der Waals surface area contributed by atoms with Crippen LogP contribution in [0.15, 0.2) is 21.2 Å². The van der Waals surface area contributed by atoms with Crippen LogP contribution in [0.5, 0.6) is 0 Å². The van der Waals surface area contributed by atoms with Crippen LogP contribution >= 0.6 is 15.9 Å². The molecule has 1 aromatic rings. The Balaban J connectivity index is 2.30. The van der Waals surface area contributed by atoms with Crippen LogP contribution in [0, 0.1) is 0 Å². The molecule has 0 aliphatic rings. The third kappa shape index (κ3) is 5.52. The zero-order valence-corrected chi connectivity index (χ0v) is 12.0. The van der Waals surface area contributed by atoms with Gasteiger partial charge in [-0.1, -0.05) is 0 Å². The van der Waals surface area contributed by atoms with Crippen molar-refractivity contribution in [1.29, 1.82) is 0 Å². The van der Waals surface area contributed by atoms with Gasteiger partial charge in [-0.3, -0.25) is 5.32 Å². The first-order chi connectivity index (χ1) is 8.65. The van der Waals surface area contributed by atoms with Crippen LogP contribution in [0.1, 0.15) is 13.8 Å². The summed E-state index contributed by atoms with van der Waals surface area (Å²) >= 11 is 3.15. The van der Waals surface area contributed by atoms with Crippen LogP contribution in [0.3, 0.4) is 0 Å². The molecule has 1 aromatic heterocycles. The van der Waals surface area contributed by atoms with Crippen molar-refractivity contribution in [2.75, 3.05) is 25.1 Å². The number of halogens is 1. The quantitative estimate of drug-likeness (QED) is 0.757. The molecule has 0 spiro atoms. The topological polar surface area (TPSA) is 72.7 Å². The van der Waals surface area contributed by atoms with Gasteiger partial charge in [0.2, 0.25) is 5.88 Å². The maximum atomic E-state index is 11.5. The summed E-state index contributed by atoms with van der Waals surface area (Å²) in [6, 6.07) is 2.96. The van der Waals surface area contributed by atoms with Gasteiger partial charge in [-0.05, 0) is 35.8 Å². The van der Waals surface area contributed by atoms with E-state index in [1.807, 2.05) is 13.8 Å². The standard InChI is InChI=1S/C11H17BrN2O4/c1-3-16-10(17-4-2)7-13-11(15)14-9-6-5-8(12)18-9/h5-6,10H,3-4,7H2,1-2H3,(H2,13,14,15). The van der Waals surface area contributed by atoms with E-state index in [9.17, 15) is 4.79 Å². The number of amides is 2. The van der Waals surface area contributed by atoms with E-state index < -0.39 is 6.29 Å². The Hall–Kier alpha value is -1.05. The van der Waals surface area contributed by atoms with Crippen molar-refractivity contribution in [3.63, 3.8) is 0 Å². The maximum Gasteiger partial charge on any atom is 0.321 e. The Labute approximate surface area is 114 Å². The molecule has 0 fully saturated rings. The molecule has 18 heavy (non-hydrogen) atoms. The Morgan fingerprint density at radius 1 is 1.39 bits per heavy atom. The SMILES string of the molecule is CCOC(CNC(=O)Nc1ccc(Br)o1)OCC. The van der Waals surface area contributed by atoms with Crippen molar-refractivity contribution >= 4 is 27.8 Å². The molecule has 1 heterocycles. The largest absolute Gasteiger partial charge is 0.434 e. The molecule has 0 aliphatic heterocycles.